The van der Waals surface area contributed by atoms with Crippen molar-refractivity contribution >= 4 is 16.8 Å². The number of rotatable bonds is 2. The number of nitrogens with zero attached hydrogens (tertiary/aromatic N) is 1. The van der Waals surface area contributed by atoms with E-state index in [-0.39, 0.29) is 11.3 Å². The lowest BCUT2D eigenvalue weighted by molar-refractivity contribution is 0.0943. The molecule has 1 N–H and O–H groups in total. The van der Waals surface area contributed by atoms with E-state index in [0.717, 1.165) is 23.3 Å². The summed E-state index contributed by atoms with van der Waals surface area (Å²) in [6.07, 6.45) is 1.29. The first-order valence-electron chi connectivity index (χ1n) is 8.28. The molecule has 4 rings (SSSR count). The van der Waals surface area contributed by atoms with Gasteiger partial charge in [-0.15, -0.1) is 0 Å². The molecule has 0 saturated heterocycles. The first-order valence-corrected chi connectivity index (χ1v) is 8.28. The molecule has 0 aliphatic heterocycles. The number of Topliss-reactive ketones (excluding diaryl/α,β-unsaturated/α-hetero) is 1. The summed E-state index contributed by atoms with van der Waals surface area (Å²) in [5, 5.41) is 0. The van der Waals surface area contributed by atoms with E-state index in [9.17, 15) is 9.59 Å². The van der Waals surface area contributed by atoms with E-state index in [0.29, 0.717) is 28.7 Å². The van der Waals surface area contributed by atoms with Gasteiger partial charge in [0, 0.05) is 5.56 Å². The molecule has 126 valence electrons. The highest BCUT2D eigenvalue weighted by Gasteiger charge is 2.31. The van der Waals surface area contributed by atoms with Gasteiger partial charge in [-0.25, -0.2) is 4.98 Å². The number of fused-ring (bicyclic) bond motifs is 2. The van der Waals surface area contributed by atoms with Gasteiger partial charge in [-0.1, -0.05) is 6.07 Å². The summed E-state index contributed by atoms with van der Waals surface area (Å²) >= 11 is 0. The van der Waals surface area contributed by atoms with E-state index in [1.807, 2.05) is 31.2 Å². The molecule has 0 bridgehead atoms. The molecule has 0 spiro atoms. The van der Waals surface area contributed by atoms with Crippen molar-refractivity contribution in [1.29, 1.82) is 0 Å². The molecule has 3 aromatic rings. The van der Waals surface area contributed by atoms with Gasteiger partial charge in [-0.2, -0.15) is 0 Å². The second kappa shape index (κ2) is 5.84. The van der Waals surface area contributed by atoms with Gasteiger partial charge in [0.2, 0.25) is 0 Å². The Balaban J connectivity index is 1.78. The molecule has 1 aromatic heterocycles. The minimum Gasteiger partial charge on any atom is -0.497 e. The predicted molar refractivity (Wildman–Crippen MR) is 95.5 cm³/mol. The molecule has 1 atom stereocenters. The zero-order valence-corrected chi connectivity index (χ0v) is 14.1. The molecule has 1 aliphatic rings. The number of ether oxygens (including phenoxy) is 1. The average Bonchev–Trinajstić information content (AvgIpc) is 2.61. The van der Waals surface area contributed by atoms with E-state index in [1.165, 1.54) is 0 Å². The van der Waals surface area contributed by atoms with Crippen LogP contribution in [-0.2, 0) is 6.42 Å². The van der Waals surface area contributed by atoms with Crippen LogP contribution in [0.4, 0.5) is 0 Å². The number of methoxy groups -OCH3 is 1. The third-order valence-electron chi connectivity index (χ3n) is 4.80. The van der Waals surface area contributed by atoms with E-state index in [1.54, 1.807) is 19.2 Å². The van der Waals surface area contributed by atoms with Crippen LogP contribution in [-0.4, -0.2) is 22.9 Å². The molecule has 1 aliphatic carbocycles. The van der Waals surface area contributed by atoms with Crippen LogP contribution in [0.5, 0.6) is 5.75 Å². The van der Waals surface area contributed by atoms with Crippen LogP contribution in [0.2, 0.25) is 0 Å². The molecular weight excluding hydrogens is 316 g/mol. The summed E-state index contributed by atoms with van der Waals surface area (Å²) in [5.74, 6) is 0.186. The summed E-state index contributed by atoms with van der Waals surface area (Å²) < 4.78 is 5.23. The highest BCUT2D eigenvalue weighted by molar-refractivity contribution is 6.03. The number of hydrogen-bond acceptors (Lipinski definition) is 4. The number of aryl methyl sites for hydroxylation is 2. The Morgan fingerprint density at radius 2 is 2.00 bits per heavy atom. The van der Waals surface area contributed by atoms with Crippen molar-refractivity contribution in [2.75, 3.05) is 7.11 Å². The largest absolute Gasteiger partial charge is 0.497 e. The zero-order valence-electron chi connectivity index (χ0n) is 14.1. The number of carbonyl (C=O) groups excluding carboxylic acids is 1. The molecule has 0 amide bonds. The first-order chi connectivity index (χ1) is 12.1. The highest BCUT2D eigenvalue weighted by Crippen LogP contribution is 2.32. The van der Waals surface area contributed by atoms with Gasteiger partial charge < -0.3 is 9.72 Å². The third-order valence-corrected chi connectivity index (χ3v) is 4.80. The first kappa shape index (κ1) is 15.6. The molecule has 25 heavy (non-hydrogen) atoms. The van der Waals surface area contributed by atoms with E-state index < -0.39 is 5.92 Å². The SMILES string of the molecule is COc1ccc2c(c1)CCC(c1nc3ccc(C)cc3[nH]c1=O)C2=O. The van der Waals surface area contributed by atoms with E-state index >= 15 is 0 Å². The molecular formula is C20H18N2O3. The van der Waals surface area contributed by atoms with Gasteiger partial charge in [-0.3, -0.25) is 9.59 Å². The van der Waals surface area contributed by atoms with Gasteiger partial charge in [0.05, 0.1) is 24.1 Å². The lowest BCUT2D eigenvalue weighted by Gasteiger charge is -2.23. The maximum Gasteiger partial charge on any atom is 0.270 e. The van der Waals surface area contributed by atoms with Crippen molar-refractivity contribution in [3.05, 3.63) is 69.1 Å². The number of nitrogens with one attached hydrogen (secondary N) is 1. The molecule has 5 heteroatoms. The van der Waals surface area contributed by atoms with Gasteiger partial charge in [0.1, 0.15) is 11.4 Å². The lowest BCUT2D eigenvalue weighted by atomic mass is 9.81. The van der Waals surface area contributed by atoms with Crippen LogP contribution < -0.4 is 10.3 Å². The van der Waals surface area contributed by atoms with Crippen molar-refractivity contribution in [2.45, 2.75) is 25.7 Å². The fourth-order valence-corrected chi connectivity index (χ4v) is 3.47. The summed E-state index contributed by atoms with van der Waals surface area (Å²) in [6, 6.07) is 11.2. The van der Waals surface area contributed by atoms with Crippen LogP contribution in [0.3, 0.4) is 0 Å². The fourth-order valence-electron chi connectivity index (χ4n) is 3.47. The van der Waals surface area contributed by atoms with Crippen molar-refractivity contribution in [3.63, 3.8) is 0 Å². The minimum atomic E-state index is -0.504. The average molecular weight is 334 g/mol. The van der Waals surface area contributed by atoms with Crippen LogP contribution in [0.15, 0.2) is 41.2 Å². The molecule has 0 saturated carbocycles. The Morgan fingerprint density at radius 3 is 2.80 bits per heavy atom. The van der Waals surface area contributed by atoms with Crippen molar-refractivity contribution in [1.82, 2.24) is 9.97 Å². The number of aromatic amines is 1. The topological polar surface area (TPSA) is 72.0 Å². The monoisotopic (exact) mass is 334 g/mol. The van der Waals surface area contributed by atoms with Crippen molar-refractivity contribution < 1.29 is 9.53 Å². The Bertz CT molecular complexity index is 1050. The van der Waals surface area contributed by atoms with Gasteiger partial charge in [0.15, 0.2) is 5.78 Å². The van der Waals surface area contributed by atoms with Crippen LogP contribution in [0, 0.1) is 6.92 Å². The molecule has 1 unspecified atom stereocenters. The molecule has 5 nitrogen and oxygen atoms in total. The Hall–Kier alpha value is -2.95. The van der Waals surface area contributed by atoms with Gasteiger partial charge >= 0.3 is 0 Å². The highest BCUT2D eigenvalue weighted by atomic mass is 16.5. The second-order valence-corrected chi connectivity index (χ2v) is 6.45. The molecule has 1 heterocycles. The third kappa shape index (κ3) is 2.61. The summed E-state index contributed by atoms with van der Waals surface area (Å²) in [4.78, 5) is 32.8. The molecule has 0 radical (unpaired) electrons. The second-order valence-electron chi connectivity index (χ2n) is 6.45. The summed E-state index contributed by atoms with van der Waals surface area (Å²) in [6.45, 7) is 1.96. The lowest BCUT2D eigenvalue weighted by Crippen LogP contribution is -2.28. The normalized spacial score (nSPS) is 16.7. The number of hydrogen-bond donors (Lipinski definition) is 1. The molecule has 2 aromatic carbocycles. The number of aromatic nitrogens is 2. The Morgan fingerprint density at radius 1 is 1.16 bits per heavy atom. The number of ketones is 1. The summed E-state index contributed by atoms with van der Waals surface area (Å²) in [7, 11) is 1.61. The van der Waals surface area contributed by atoms with Crippen LogP contribution in [0.1, 0.15) is 39.5 Å². The van der Waals surface area contributed by atoms with E-state index in [2.05, 4.69) is 9.97 Å². The van der Waals surface area contributed by atoms with Crippen molar-refractivity contribution in [2.24, 2.45) is 0 Å². The Kier molecular flexibility index (Phi) is 3.64. The quantitative estimate of drug-likeness (QED) is 0.781. The van der Waals surface area contributed by atoms with Gasteiger partial charge in [0.25, 0.3) is 5.56 Å². The number of carbonyl (C=O) groups is 1. The van der Waals surface area contributed by atoms with Crippen LogP contribution >= 0.6 is 0 Å². The maximum absolute atomic E-state index is 12.9. The van der Waals surface area contributed by atoms with Gasteiger partial charge in [-0.05, 0) is 61.2 Å². The molecule has 0 fully saturated rings. The number of benzene rings is 2. The zero-order chi connectivity index (χ0) is 17.6. The standard InChI is InChI=1S/C20H18N2O3/c1-11-3-8-16-17(9-11)22-20(24)18(21-16)15-6-4-12-10-13(25-2)5-7-14(12)19(15)23/h3,5,7-10,15H,4,6H2,1-2H3,(H,22,24). The Labute approximate surface area is 144 Å². The predicted octanol–water partition coefficient (Wildman–Crippen LogP) is 3.15. The van der Waals surface area contributed by atoms with E-state index in [4.69, 9.17) is 4.74 Å². The maximum atomic E-state index is 12.9. The number of H-pyrrole nitrogens is 1. The fraction of sp³-hybridized carbons (Fsp3) is 0.250. The minimum absolute atomic E-state index is 0.0478. The van der Waals surface area contributed by atoms with Crippen LogP contribution in [0.25, 0.3) is 11.0 Å². The smallest absolute Gasteiger partial charge is 0.270 e. The van der Waals surface area contributed by atoms with Crippen molar-refractivity contribution in [3.8, 4) is 5.75 Å². The summed E-state index contributed by atoms with van der Waals surface area (Å²) in [5.41, 5.74) is 4.09.